The highest BCUT2D eigenvalue weighted by atomic mass is 16.5. The van der Waals surface area contributed by atoms with Gasteiger partial charge in [0.25, 0.3) is 5.56 Å². The van der Waals surface area contributed by atoms with Gasteiger partial charge in [-0.1, -0.05) is 78.9 Å². The molecular weight excluding hydrogens is 434 g/mol. The summed E-state index contributed by atoms with van der Waals surface area (Å²) in [4.78, 5) is 18.7. The van der Waals surface area contributed by atoms with Crippen molar-refractivity contribution in [2.75, 3.05) is 7.11 Å². The van der Waals surface area contributed by atoms with Crippen LogP contribution in [0.15, 0.2) is 119 Å². The smallest absolute Gasteiger partial charge is 0.280 e. The molecule has 1 heterocycles. The van der Waals surface area contributed by atoms with Crippen LogP contribution in [0.25, 0.3) is 28.1 Å². The maximum absolute atomic E-state index is 13.7. The average molecular weight is 460 g/mol. The molecular formula is C30H25N3O2. The minimum Gasteiger partial charge on any atom is -0.497 e. The van der Waals surface area contributed by atoms with Gasteiger partial charge in [0.1, 0.15) is 5.75 Å². The molecule has 1 aromatic heterocycles. The number of rotatable bonds is 6. The molecule has 4 aromatic carbocycles. The first-order valence-electron chi connectivity index (χ1n) is 11.4. The largest absolute Gasteiger partial charge is 0.497 e. The number of aromatic amines is 1. The maximum atomic E-state index is 13.7. The Labute approximate surface area is 204 Å². The van der Waals surface area contributed by atoms with Crippen LogP contribution in [0.4, 0.5) is 5.69 Å². The fraction of sp³-hybridized carbons (Fsp3) is 0.0667. The second kappa shape index (κ2) is 9.69. The molecule has 5 rings (SSSR count). The first kappa shape index (κ1) is 22.2. The van der Waals surface area contributed by atoms with E-state index in [0.717, 1.165) is 39.5 Å². The fourth-order valence-electron chi connectivity index (χ4n) is 4.17. The van der Waals surface area contributed by atoms with Gasteiger partial charge in [-0.3, -0.25) is 14.9 Å². The summed E-state index contributed by atoms with van der Waals surface area (Å²) in [6.07, 6.45) is 0. The summed E-state index contributed by atoms with van der Waals surface area (Å²) < 4.78 is 6.82. The molecule has 172 valence electrons. The van der Waals surface area contributed by atoms with Gasteiger partial charge in [0, 0.05) is 11.1 Å². The third-order valence-electron chi connectivity index (χ3n) is 5.92. The number of aliphatic imine (C=N–C) groups is 1. The Hall–Kier alpha value is -4.64. The lowest BCUT2D eigenvalue weighted by atomic mass is 10.0. The normalized spacial score (nSPS) is 11.4. The van der Waals surface area contributed by atoms with E-state index < -0.39 is 0 Å². The third-order valence-corrected chi connectivity index (χ3v) is 5.92. The van der Waals surface area contributed by atoms with Gasteiger partial charge in [0.2, 0.25) is 0 Å². The zero-order chi connectivity index (χ0) is 24.2. The van der Waals surface area contributed by atoms with Crippen LogP contribution in [0.3, 0.4) is 0 Å². The number of nitrogens with one attached hydrogen (secondary N) is 1. The molecule has 0 atom stereocenters. The lowest BCUT2D eigenvalue weighted by Gasteiger charge is -2.07. The van der Waals surface area contributed by atoms with E-state index in [4.69, 9.17) is 9.73 Å². The number of para-hydroxylation sites is 1. The summed E-state index contributed by atoms with van der Waals surface area (Å²) in [5.74, 6) is 0.729. The van der Waals surface area contributed by atoms with Gasteiger partial charge in [0.15, 0.2) is 0 Å². The minimum absolute atomic E-state index is 0.160. The second-order valence-corrected chi connectivity index (χ2v) is 8.15. The molecule has 0 amide bonds. The predicted octanol–water partition coefficient (Wildman–Crippen LogP) is 6.65. The van der Waals surface area contributed by atoms with Gasteiger partial charge in [-0.25, -0.2) is 4.68 Å². The van der Waals surface area contributed by atoms with E-state index in [9.17, 15) is 4.79 Å². The van der Waals surface area contributed by atoms with Gasteiger partial charge in [0.05, 0.1) is 35.5 Å². The quantitative estimate of drug-likeness (QED) is 0.289. The summed E-state index contributed by atoms with van der Waals surface area (Å²) >= 11 is 0. The third kappa shape index (κ3) is 4.44. The van der Waals surface area contributed by atoms with E-state index in [0.29, 0.717) is 11.3 Å². The molecule has 0 spiro atoms. The van der Waals surface area contributed by atoms with Crippen LogP contribution in [0.1, 0.15) is 12.5 Å². The summed E-state index contributed by atoms with van der Waals surface area (Å²) in [6.45, 7) is 1.89. The van der Waals surface area contributed by atoms with Crippen molar-refractivity contribution in [3.63, 3.8) is 0 Å². The summed E-state index contributed by atoms with van der Waals surface area (Å²) in [5.41, 5.74) is 6.28. The van der Waals surface area contributed by atoms with Crippen molar-refractivity contribution in [1.82, 2.24) is 9.78 Å². The number of nitrogens with zero attached hydrogens (tertiary/aromatic N) is 2. The van der Waals surface area contributed by atoms with E-state index in [1.54, 1.807) is 11.8 Å². The number of benzene rings is 4. The number of hydrogen-bond donors (Lipinski definition) is 1. The molecule has 1 N–H and O–H groups in total. The number of methoxy groups -OCH3 is 1. The molecule has 5 heteroatoms. The van der Waals surface area contributed by atoms with Gasteiger partial charge < -0.3 is 4.74 Å². The molecule has 5 nitrogen and oxygen atoms in total. The van der Waals surface area contributed by atoms with Crippen LogP contribution < -0.4 is 10.3 Å². The standard InChI is InChI=1S/C30H25N3O2/c1-21(31-27-16-10-9-15-26(27)22-11-5-3-6-12-22)28-29(23-13-7-4-8-14-23)32-33(30(28)34)24-17-19-25(35-2)20-18-24/h3-20,32H,1-2H3. The van der Waals surface area contributed by atoms with E-state index in [2.05, 4.69) is 17.2 Å². The number of H-pyrrole nitrogens is 1. The van der Waals surface area contributed by atoms with Crippen LogP contribution in [0.2, 0.25) is 0 Å². The fourth-order valence-corrected chi connectivity index (χ4v) is 4.17. The lowest BCUT2D eigenvalue weighted by Crippen LogP contribution is -2.19. The Morgan fingerprint density at radius 3 is 2.03 bits per heavy atom. The molecule has 0 aliphatic rings. The Morgan fingerprint density at radius 1 is 0.771 bits per heavy atom. The van der Waals surface area contributed by atoms with E-state index in [-0.39, 0.29) is 5.56 Å². The molecule has 0 bridgehead atoms. The van der Waals surface area contributed by atoms with Crippen molar-refractivity contribution in [3.8, 4) is 33.8 Å². The van der Waals surface area contributed by atoms with E-state index in [1.807, 2.05) is 104 Å². The van der Waals surface area contributed by atoms with Crippen LogP contribution in [-0.2, 0) is 0 Å². The van der Waals surface area contributed by atoms with Crippen molar-refractivity contribution >= 4 is 11.4 Å². The number of ether oxygens (including phenoxy) is 1. The van der Waals surface area contributed by atoms with Crippen LogP contribution in [0, 0.1) is 0 Å². The van der Waals surface area contributed by atoms with Gasteiger partial charge in [-0.15, -0.1) is 0 Å². The summed E-state index contributed by atoms with van der Waals surface area (Å²) in [5, 5.41) is 3.32. The Bertz CT molecular complexity index is 1530. The summed E-state index contributed by atoms with van der Waals surface area (Å²) in [7, 11) is 1.62. The number of aromatic nitrogens is 2. The minimum atomic E-state index is -0.160. The predicted molar refractivity (Wildman–Crippen MR) is 142 cm³/mol. The van der Waals surface area contributed by atoms with Crippen LogP contribution in [0.5, 0.6) is 5.75 Å². The highest BCUT2D eigenvalue weighted by Gasteiger charge is 2.20. The average Bonchev–Trinajstić information content (AvgIpc) is 3.27. The van der Waals surface area contributed by atoms with Gasteiger partial charge in [-0.05, 0) is 42.8 Å². The highest BCUT2D eigenvalue weighted by Crippen LogP contribution is 2.31. The van der Waals surface area contributed by atoms with Gasteiger partial charge >= 0.3 is 0 Å². The Kier molecular flexibility index (Phi) is 6.14. The summed E-state index contributed by atoms with van der Waals surface area (Å²) in [6, 6.07) is 35.3. The molecule has 0 aliphatic heterocycles. The van der Waals surface area contributed by atoms with Crippen LogP contribution >= 0.6 is 0 Å². The lowest BCUT2D eigenvalue weighted by molar-refractivity contribution is 0.414. The van der Waals surface area contributed by atoms with Gasteiger partial charge in [-0.2, -0.15) is 0 Å². The topological polar surface area (TPSA) is 59.4 Å². The highest BCUT2D eigenvalue weighted by molar-refractivity contribution is 6.05. The molecule has 0 saturated heterocycles. The molecule has 5 aromatic rings. The Morgan fingerprint density at radius 2 is 1.37 bits per heavy atom. The first-order chi connectivity index (χ1) is 17.2. The molecule has 0 radical (unpaired) electrons. The van der Waals surface area contributed by atoms with Crippen molar-refractivity contribution in [1.29, 1.82) is 0 Å². The zero-order valence-corrected chi connectivity index (χ0v) is 19.6. The van der Waals surface area contributed by atoms with E-state index in [1.165, 1.54) is 0 Å². The van der Waals surface area contributed by atoms with E-state index >= 15 is 0 Å². The molecule has 0 saturated carbocycles. The second-order valence-electron chi connectivity index (χ2n) is 8.15. The molecule has 35 heavy (non-hydrogen) atoms. The SMILES string of the molecule is COc1ccc(-n2[nH]c(-c3ccccc3)c(C(C)=Nc3ccccc3-c3ccccc3)c2=O)cc1. The van der Waals surface area contributed by atoms with Crippen LogP contribution in [-0.4, -0.2) is 22.6 Å². The Balaban J connectivity index is 1.67. The monoisotopic (exact) mass is 459 g/mol. The van der Waals surface area contributed by atoms with Crippen molar-refractivity contribution < 1.29 is 4.74 Å². The zero-order valence-electron chi connectivity index (χ0n) is 19.6. The van der Waals surface area contributed by atoms with Crippen molar-refractivity contribution in [2.24, 2.45) is 4.99 Å². The molecule has 0 aliphatic carbocycles. The first-order valence-corrected chi connectivity index (χ1v) is 11.4. The number of hydrogen-bond acceptors (Lipinski definition) is 3. The maximum Gasteiger partial charge on any atom is 0.280 e. The molecule has 0 unspecified atom stereocenters. The van der Waals surface area contributed by atoms with Crippen molar-refractivity contribution in [3.05, 3.63) is 125 Å². The van der Waals surface area contributed by atoms with Crippen molar-refractivity contribution in [2.45, 2.75) is 6.92 Å². The molecule has 0 fully saturated rings.